The number of hydrogen-bond acceptors (Lipinski definition) is 4. The zero-order valence-electron chi connectivity index (χ0n) is 10.9. The Bertz CT molecular complexity index is 516. The van der Waals surface area contributed by atoms with Crippen molar-refractivity contribution in [3.63, 3.8) is 0 Å². The van der Waals surface area contributed by atoms with E-state index in [4.69, 9.17) is 0 Å². The van der Waals surface area contributed by atoms with Crippen LogP contribution >= 0.6 is 15.9 Å². The molecule has 0 amide bonds. The second-order valence-corrected chi connectivity index (χ2v) is 4.87. The molecule has 1 aromatic heterocycles. The van der Waals surface area contributed by atoms with Gasteiger partial charge >= 0.3 is 0 Å². The Hall–Kier alpha value is -1.62. The number of nitrogens with zero attached hydrogens (tertiary/aromatic N) is 2. The molecule has 100 valence electrons. The maximum absolute atomic E-state index is 4.24. The molecule has 0 aliphatic heterocycles. The summed E-state index contributed by atoms with van der Waals surface area (Å²) in [6.45, 7) is 3.71. The van der Waals surface area contributed by atoms with Crippen LogP contribution in [0.1, 0.15) is 12.5 Å². The first-order chi connectivity index (χ1) is 9.31. The number of rotatable bonds is 6. The van der Waals surface area contributed by atoms with Gasteiger partial charge in [0.2, 0.25) is 0 Å². The number of nitrogens with one attached hydrogen (secondary N) is 2. The molecule has 0 bridgehead atoms. The van der Waals surface area contributed by atoms with Crippen molar-refractivity contribution in [2.24, 2.45) is 0 Å². The lowest BCUT2D eigenvalue weighted by Crippen LogP contribution is -2.09. The van der Waals surface area contributed by atoms with E-state index in [0.717, 1.165) is 35.6 Å². The Balaban J connectivity index is 1.94. The number of aromatic nitrogens is 2. The third-order valence-corrected chi connectivity index (χ3v) is 3.43. The molecule has 0 saturated carbocycles. The molecule has 1 aromatic carbocycles. The van der Waals surface area contributed by atoms with E-state index in [2.05, 4.69) is 60.8 Å². The van der Waals surface area contributed by atoms with Gasteiger partial charge in [-0.05, 0) is 34.8 Å². The number of benzene rings is 1. The highest BCUT2D eigenvalue weighted by Gasteiger charge is 2.07. The van der Waals surface area contributed by atoms with Gasteiger partial charge in [-0.1, -0.05) is 30.3 Å². The Kier molecular flexibility index (Phi) is 5.15. The molecule has 0 aliphatic rings. The summed E-state index contributed by atoms with van der Waals surface area (Å²) in [7, 11) is 0. The van der Waals surface area contributed by atoms with E-state index in [0.29, 0.717) is 0 Å². The van der Waals surface area contributed by atoms with Crippen LogP contribution in [0.2, 0.25) is 0 Å². The third kappa shape index (κ3) is 3.92. The summed E-state index contributed by atoms with van der Waals surface area (Å²) in [4.78, 5) is 8.43. The van der Waals surface area contributed by atoms with Crippen molar-refractivity contribution >= 4 is 27.6 Å². The van der Waals surface area contributed by atoms with Crippen molar-refractivity contribution < 1.29 is 0 Å². The highest BCUT2D eigenvalue weighted by Crippen LogP contribution is 2.26. The molecular weight excluding hydrogens is 304 g/mol. The van der Waals surface area contributed by atoms with Crippen LogP contribution in [0, 0.1) is 0 Å². The zero-order chi connectivity index (χ0) is 13.5. The highest BCUT2D eigenvalue weighted by molar-refractivity contribution is 9.10. The topological polar surface area (TPSA) is 49.8 Å². The van der Waals surface area contributed by atoms with Gasteiger partial charge < -0.3 is 10.6 Å². The lowest BCUT2D eigenvalue weighted by Gasteiger charge is -2.10. The largest absolute Gasteiger partial charge is 0.369 e. The molecule has 0 fully saturated rings. The molecular formula is C14H17BrN4. The highest BCUT2D eigenvalue weighted by atomic mass is 79.9. The molecule has 2 aromatic rings. The van der Waals surface area contributed by atoms with Crippen molar-refractivity contribution in [1.82, 2.24) is 9.97 Å². The van der Waals surface area contributed by atoms with E-state index in [-0.39, 0.29) is 0 Å². The molecule has 4 nitrogen and oxygen atoms in total. The monoisotopic (exact) mass is 320 g/mol. The van der Waals surface area contributed by atoms with Crippen LogP contribution in [-0.4, -0.2) is 23.1 Å². The van der Waals surface area contributed by atoms with Gasteiger partial charge in [0, 0.05) is 13.1 Å². The van der Waals surface area contributed by atoms with Crippen LogP contribution in [0.4, 0.5) is 11.6 Å². The summed E-state index contributed by atoms with van der Waals surface area (Å²) in [6.07, 6.45) is 2.53. The summed E-state index contributed by atoms with van der Waals surface area (Å²) in [5.74, 6) is 1.64. The summed E-state index contributed by atoms with van der Waals surface area (Å²) < 4.78 is 0.880. The summed E-state index contributed by atoms with van der Waals surface area (Å²) in [6, 6.07) is 10.4. The van der Waals surface area contributed by atoms with E-state index in [1.54, 1.807) is 6.33 Å². The Morgan fingerprint density at radius 2 is 1.74 bits per heavy atom. The third-order valence-electron chi connectivity index (χ3n) is 2.68. The summed E-state index contributed by atoms with van der Waals surface area (Å²) in [5, 5.41) is 6.51. The van der Waals surface area contributed by atoms with Crippen LogP contribution < -0.4 is 10.6 Å². The fourth-order valence-electron chi connectivity index (χ4n) is 1.75. The van der Waals surface area contributed by atoms with Crippen LogP contribution in [-0.2, 0) is 6.42 Å². The second-order valence-electron chi connectivity index (χ2n) is 4.08. The summed E-state index contributed by atoms with van der Waals surface area (Å²) >= 11 is 3.52. The first-order valence-corrected chi connectivity index (χ1v) is 7.12. The summed E-state index contributed by atoms with van der Waals surface area (Å²) in [5.41, 5.74) is 1.31. The number of anilines is 2. The van der Waals surface area contributed by atoms with Gasteiger partial charge in [-0.15, -0.1) is 0 Å². The number of halogens is 1. The molecule has 2 N–H and O–H groups in total. The lowest BCUT2D eigenvalue weighted by molar-refractivity contribution is 0.993. The fourth-order valence-corrected chi connectivity index (χ4v) is 2.24. The second kappa shape index (κ2) is 7.09. The fraction of sp³-hybridized carbons (Fsp3) is 0.286. The first-order valence-electron chi connectivity index (χ1n) is 6.33. The van der Waals surface area contributed by atoms with E-state index < -0.39 is 0 Å². The Labute approximate surface area is 121 Å². The van der Waals surface area contributed by atoms with E-state index in [9.17, 15) is 0 Å². The van der Waals surface area contributed by atoms with Gasteiger partial charge in [-0.2, -0.15) is 0 Å². The standard InChI is InChI=1S/C14H17BrN4/c1-2-16-13-12(15)14(19-10-18-13)17-9-8-11-6-4-3-5-7-11/h3-7,10H,2,8-9H2,1H3,(H2,16,17,18,19). The molecule has 0 unspecified atom stereocenters. The molecule has 19 heavy (non-hydrogen) atoms. The van der Waals surface area contributed by atoms with Crippen LogP contribution in [0.5, 0.6) is 0 Å². The first kappa shape index (κ1) is 13.8. The Morgan fingerprint density at radius 3 is 2.42 bits per heavy atom. The van der Waals surface area contributed by atoms with Crippen molar-refractivity contribution in [3.8, 4) is 0 Å². The predicted molar refractivity (Wildman–Crippen MR) is 82.5 cm³/mol. The van der Waals surface area contributed by atoms with Crippen molar-refractivity contribution in [1.29, 1.82) is 0 Å². The molecule has 0 spiro atoms. The van der Waals surface area contributed by atoms with Crippen molar-refractivity contribution in [2.75, 3.05) is 23.7 Å². The van der Waals surface area contributed by atoms with Crippen molar-refractivity contribution in [2.45, 2.75) is 13.3 Å². The minimum absolute atomic E-state index is 0.819. The molecule has 1 heterocycles. The smallest absolute Gasteiger partial charge is 0.145 e. The number of hydrogen-bond donors (Lipinski definition) is 2. The van der Waals surface area contributed by atoms with Gasteiger partial charge in [0.25, 0.3) is 0 Å². The average molecular weight is 321 g/mol. The van der Waals surface area contributed by atoms with Gasteiger partial charge in [0.05, 0.1) is 0 Å². The predicted octanol–water partition coefficient (Wildman–Crippen LogP) is 3.33. The van der Waals surface area contributed by atoms with Gasteiger partial charge in [-0.3, -0.25) is 0 Å². The zero-order valence-corrected chi connectivity index (χ0v) is 12.4. The minimum atomic E-state index is 0.819. The maximum Gasteiger partial charge on any atom is 0.145 e. The van der Waals surface area contributed by atoms with Gasteiger partial charge in [0.1, 0.15) is 22.4 Å². The molecule has 0 atom stereocenters. The van der Waals surface area contributed by atoms with Gasteiger partial charge in [-0.25, -0.2) is 9.97 Å². The lowest BCUT2D eigenvalue weighted by atomic mass is 10.1. The van der Waals surface area contributed by atoms with E-state index >= 15 is 0 Å². The molecule has 0 saturated heterocycles. The Morgan fingerprint density at radius 1 is 1.05 bits per heavy atom. The van der Waals surface area contributed by atoms with Crippen LogP contribution in [0.25, 0.3) is 0 Å². The van der Waals surface area contributed by atoms with E-state index in [1.807, 2.05) is 13.0 Å². The van der Waals surface area contributed by atoms with Crippen LogP contribution in [0.3, 0.4) is 0 Å². The van der Waals surface area contributed by atoms with E-state index in [1.165, 1.54) is 5.56 Å². The quantitative estimate of drug-likeness (QED) is 0.857. The van der Waals surface area contributed by atoms with Crippen LogP contribution in [0.15, 0.2) is 41.1 Å². The molecule has 0 aliphatic carbocycles. The SMILES string of the molecule is CCNc1ncnc(NCCc2ccccc2)c1Br. The van der Waals surface area contributed by atoms with Crippen molar-refractivity contribution in [3.05, 3.63) is 46.7 Å². The molecule has 5 heteroatoms. The molecule has 0 radical (unpaired) electrons. The molecule has 2 rings (SSSR count). The minimum Gasteiger partial charge on any atom is -0.369 e. The normalized spacial score (nSPS) is 10.2. The average Bonchev–Trinajstić information content (AvgIpc) is 2.44. The maximum atomic E-state index is 4.24. The van der Waals surface area contributed by atoms with Gasteiger partial charge in [0.15, 0.2) is 0 Å².